The summed E-state index contributed by atoms with van der Waals surface area (Å²) in [4.78, 5) is 2.11. The molecule has 0 radical (unpaired) electrons. The number of halogens is 1. The SMILES string of the molecule is CN(C)c1ccc(I)cc1P. The van der Waals surface area contributed by atoms with Gasteiger partial charge in [-0.1, -0.05) is 0 Å². The second-order valence-electron chi connectivity index (χ2n) is 2.60. The third-order valence-electron chi connectivity index (χ3n) is 1.47. The molecule has 0 saturated heterocycles. The van der Waals surface area contributed by atoms with Crippen LogP contribution in [0.1, 0.15) is 0 Å². The normalized spacial score (nSPS) is 9.82. The summed E-state index contributed by atoms with van der Waals surface area (Å²) in [6, 6.07) is 6.40. The lowest BCUT2D eigenvalue weighted by molar-refractivity contribution is 1.14. The second kappa shape index (κ2) is 3.72. The molecule has 1 atom stereocenters. The molecule has 0 bridgehead atoms. The highest BCUT2D eigenvalue weighted by atomic mass is 127. The van der Waals surface area contributed by atoms with Crippen LogP contribution in [0.15, 0.2) is 18.2 Å². The molecule has 0 heterocycles. The smallest absolute Gasteiger partial charge is 0.0434 e. The van der Waals surface area contributed by atoms with E-state index in [0.29, 0.717) is 0 Å². The average molecular weight is 279 g/mol. The van der Waals surface area contributed by atoms with Gasteiger partial charge in [-0.3, -0.25) is 0 Å². The number of rotatable bonds is 1. The fourth-order valence-electron chi connectivity index (χ4n) is 0.933. The molecule has 1 aromatic carbocycles. The standard InChI is InChI=1S/C8H11INP/c1-10(2)7-4-3-6(9)5-8(7)11/h3-5H,11H2,1-2H3. The summed E-state index contributed by atoms with van der Waals surface area (Å²) in [7, 11) is 6.85. The summed E-state index contributed by atoms with van der Waals surface area (Å²) in [5.74, 6) is 0. The molecule has 0 fully saturated rings. The fraction of sp³-hybridized carbons (Fsp3) is 0.250. The van der Waals surface area contributed by atoms with Gasteiger partial charge in [0.25, 0.3) is 0 Å². The van der Waals surface area contributed by atoms with E-state index in [9.17, 15) is 0 Å². The first-order valence-corrected chi connectivity index (χ1v) is 4.99. The number of anilines is 1. The van der Waals surface area contributed by atoms with E-state index in [0.717, 1.165) is 0 Å². The first-order chi connectivity index (χ1) is 5.11. The zero-order valence-corrected chi connectivity index (χ0v) is 9.95. The Hall–Kier alpha value is 0.180. The van der Waals surface area contributed by atoms with Gasteiger partial charge in [-0.05, 0) is 46.1 Å². The largest absolute Gasteiger partial charge is 0.377 e. The van der Waals surface area contributed by atoms with Gasteiger partial charge in [0.15, 0.2) is 0 Å². The van der Waals surface area contributed by atoms with Crippen molar-refractivity contribution in [2.24, 2.45) is 0 Å². The van der Waals surface area contributed by atoms with Crippen LogP contribution in [0.25, 0.3) is 0 Å². The molecule has 1 unspecified atom stereocenters. The van der Waals surface area contributed by atoms with Gasteiger partial charge in [-0.25, -0.2) is 0 Å². The third-order valence-corrected chi connectivity index (χ3v) is 2.60. The molecule has 60 valence electrons. The van der Waals surface area contributed by atoms with Crippen LogP contribution in [-0.2, 0) is 0 Å². The summed E-state index contributed by atoms with van der Waals surface area (Å²) < 4.78 is 1.28. The quantitative estimate of drug-likeness (QED) is 0.560. The Bertz CT molecular complexity index is 260. The van der Waals surface area contributed by atoms with E-state index in [2.05, 4.69) is 69.0 Å². The molecule has 0 amide bonds. The summed E-state index contributed by atoms with van der Waals surface area (Å²) in [6.07, 6.45) is 0. The molecule has 0 spiro atoms. The van der Waals surface area contributed by atoms with Crippen LogP contribution < -0.4 is 10.2 Å². The van der Waals surface area contributed by atoms with Crippen LogP contribution in [0, 0.1) is 3.57 Å². The van der Waals surface area contributed by atoms with Crippen LogP contribution in [0.4, 0.5) is 5.69 Å². The number of nitrogens with zero attached hydrogens (tertiary/aromatic N) is 1. The highest BCUT2D eigenvalue weighted by Gasteiger charge is 1.99. The predicted molar refractivity (Wildman–Crippen MR) is 62.8 cm³/mol. The molecular weight excluding hydrogens is 268 g/mol. The van der Waals surface area contributed by atoms with Gasteiger partial charge in [0.2, 0.25) is 0 Å². The van der Waals surface area contributed by atoms with Crippen molar-refractivity contribution in [2.75, 3.05) is 19.0 Å². The maximum Gasteiger partial charge on any atom is 0.0434 e. The highest BCUT2D eigenvalue weighted by Crippen LogP contribution is 2.13. The Labute approximate surface area is 83.5 Å². The van der Waals surface area contributed by atoms with Crippen molar-refractivity contribution in [3.05, 3.63) is 21.8 Å². The van der Waals surface area contributed by atoms with E-state index < -0.39 is 0 Å². The molecule has 0 aromatic heterocycles. The van der Waals surface area contributed by atoms with Crippen molar-refractivity contribution in [3.8, 4) is 0 Å². The second-order valence-corrected chi connectivity index (χ2v) is 4.47. The Balaban J connectivity index is 3.09. The lowest BCUT2D eigenvalue weighted by Gasteiger charge is -2.14. The van der Waals surface area contributed by atoms with E-state index in [1.807, 2.05) is 0 Å². The maximum absolute atomic E-state index is 2.74. The number of hydrogen-bond donors (Lipinski definition) is 0. The van der Waals surface area contributed by atoms with Crippen molar-refractivity contribution in [3.63, 3.8) is 0 Å². The first-order valence-electron chi connectivity index (χ1n) is 3.33. The average Bonchev–Trinajstić information content (AvgIpc) is 1.85. The molecule has 0 aliphatic carbocycles. The monoisotopic (exact) mass is 279 g/mol. The fourth-order valence-corrected chi connectivity index (χ4v) is 2.32. The topological polar surface area (TPSA) is 3.24 Å². The van der Waals surface area contributed by atoms with Gasteiger partial charge < -0.3 is 4.90 Å². The van der Waals surface area contributed by atoms with E-state index >= 15 is 0 Å². The van der Waals surface area contributed by atoms with Crippen molar-refractivity contribution in [1.82, 2.24) is 0 Å². The third kappa shape index (κ3) is 2.31. The van der Waals surface area contributed by atoms with E-state index in [4.69, 9.17) is 0 Å². The van der Waals surface area contributed by atoms with E-state index in [1.54, 1.807) is 0 Å². The zero-order valence-electron chi connectivity index (χ0n) is 6.63. The summed E-state index contributed by atoms with van der Waals surface area (Å²) in [6.45, 7) is 0. The summed E-state index contributed by atoms with van der Waals surface area (Å²) in [5.41, 5.74) is 1.26. The Morgan fingerprint density at radius 2 is 2.00 bits per heavy atom. The molecule has 0 N–H and O–H groups in total. The lowest BCUT2D eigenvalue weighted by Crippen LogP contribution is -2.15. The van der Waals surface area contributed by atoms with Crippen molar-refractivity contribution in [1.29, 1.82) is 0 Å². The van der Waals surface area contributed by atoms with Crippen LogP contribution in [0.2, 0.25) is 0 Å². The van der Waals surface area contributed by atoms with Gasteiger partial charge in [0.1, 0.15) is 0 Å². The molecule has 0 saturated carbocycles. The molecule has 0 aliphatic rings. The van der Waals surface area contributed by atoms with Gasteiger partial charge in [-0.2, -0.15) is 0 Å². The van der Waals surface area contributed by atoms with Crippen LogP contribution in [0.3, 0.4) is 0 Å². The number of benzene rings is 1. The molecule has 3 heteroatoms. The Morgan fingerprint density at radius 1 is 1.36 bits per heavy atom. The van der Waals surface area contributed by atoms with E-state index in [1.165, 1.54) is 14.6 Å². The van der Waals surface area contributed by atoms with Crippen molar-refractivity contribution < 1.29 is 0 Å². The molecule has 0 aliphatic heterocycles. The zero-order chi connectivity index (χ0) is 8.43. The summed E-state index contributed by atoms with van der Waals surface area (Å²) in [5, 5.41) is 1.25. The summed E-state index contributed by atoms with van der Waals surface area (Å²) >= 11 is 2.31. The van der Waals surface area contributed by atoms with Gasteiger partial charge >= 0.3 is 0 Å². The Morgan fingerprint density at radius 3 is 2.45 bits per heavy atom. The van der Waals surface area contributed by atoms with Crippen molar-refractivity contribution in [2.45, 2.75) is 0 Å². The molecule has 1 aromatic rings. The van der Waals surface area contributed by atoms with Crippen LogP contribution >= 0.6 is 31.8 Å². The minimum Gasteiger partial charge on any atom is -0.377 e. The number of hydrogen-bond acceptors (Lipinski definition) is 1. The molecule has 1 nitrogen and oxygen atoms in total. The van der Waals surface area contributed by atoms with Crippen molar-refractivity contribution >= 4 is 42.8 Å². The van der Waals surface area contributed by atoms with Gasteiger partial charge in [0, 0.05) is 23.4 Å². The maximum atomic E-state index is 2.74. The molecular formula is C8H11INP. The molecule has 11 heavy (non-hydrogen) atoms. The first kappa shape index (κ1) is 9.27. The Kier molecular flexibility index (Phi) is 3.14. The molecule has 1 rings (SSSR count). The van der Waals surface area contributed by atoms with Crippen LogP contribution in [-0.4, -0.2) is 14.1 Å². The van der Waals surface area contributed by atoms with Crippen LogP contribution in [0.5, 0.6) is 0 Å². The highest BCUT2D eigenvalue weighted by molar-refractivity contribution is 14.1. The minimum atomic E-state index is 1.25. The van der Waals surface area contributed by atoms with E-state index in [-0.39, 0.29) is 0 Å². The van der Waals surface area contributed by atoms with Gasteiger partial charge in [-0.15, -0.1) is 9.24 Å². The minimum absolute atomic E-state index is 1.25. The predicted octanol–water partition coefficient (Wildman–Crippen LogP) is 1.86. The lowest BCUT2D eigenvalue weighted by atomic mass is 10.3. The van der Waals surface area contributed by atoms with Gasteiger partial charge in [0.05, 0.1) is 0 Å².